The van der Waals surface area contributed by atoms with Gasteiger partial charge in [0.1, 0.15) is 18.5 Å². The van der Waals surface area contributed by atoms with Gasteiger partial charge < -0.3 is 20.2 Å². The third-order valence-electron chi connectivity index (χ3n) is 6.61. The van der Waals surface area contributed by atoms with E-state index in [0.717, 1.165) is 10.9 Å². The van der Waals surface area contributed by atoms with Crippen molar-refractivity contribution in [1.29, 1.82) is 0 Å². The minimum absolute atomic E-state index is 0.124. The Kier molecular flexibility index (Phi) is 9.77. The standard InChI is InChI=1S/C26H33FN5O5P/c1-17(19-6-8-20(27)9-7-19)30(3)25(36)22(12-13-24(34)35)31-16-32(29(2)15-23(31)33)26(37)28-14-18-4-10-21(38)11-5-18/h4-11,17,22H,12-16,38H2,1-3H3,(H,28,37)(H,34,35). The summed E-state index contributed by atoms with van der Waals surface area (Å²) in [6.45, 7) is 1.64. The molecule has 1 fully saturated rings. The number of benzene rings is 2. The highest BCUT2D eigenvalue weighted by Crippen LogP contribution is 2.24. The molecule has 3 unspecified atom stereocenters. The number of carboxylic acids is 1. The highest BCUT2D eigenvalue weighted by atomic mass is 31.0. The highest BCUT2D eigenvalue weighted by molar-refractivity contribution is 7.27. The van der Waals surface area contributed by atoms with Gasteiger partial charge in [0.05, 0.1) is 12.6 Å². The van der Waals surface area contributed by atoms with Crippen LogP contribution in [0.15, 0.2) is 48.5 Å². The molecule has 0 bridgehead atoms. The van der Waals surface area contributed by atoms with Gasteiger partial charge in [0.25, 0.3) is 0 Å². The predicted octanol–water partition coefficient (Wildman–Crippen LogP) is 1.94. The monoisotopic (exact) mass is 545 g/mol. The molecule has 12 heteroatoms. The van der Waals surface area contributed by atoms with Crippen molar-refractivity contribution in [3.8, 4) is 0 Å². The molecule has 2 N–H and O–H groups in total. The van der Waals surface area contributed by atoms with Gasteiger partial charge in [-0.3, -0.25) is 14.4 Å². The molecule has 1 heterocycles. The van der Waals surface area contributed by atoms with Crippen LogP contribution in [0, 0.1) is 5.82 Å². The summed E-state index contributed by atoms with van der Waals surface area (Å²) in [7, 11) is 5.73. The second-order valence-electron chi connectivity index (χ2n) is 9.25. The van der Waals surface area contributed by atoms with Crippen molar-refractivity contribution in [3.63, 3.8) is 0 Å². The Morgan fingerprint density at radius 2 is 1.76 bits per heavy atom. The molecule has 0 aromatic heterocycles. The van der Waals surface area contributed by atoms with E-state index in [9.17, 15) is 28.7 Å². The number of aliphatic carboxylic acids is 1. The SMILES string of the molecule is CC(c1ccc(F)cc1)N(C)C(=O)C(CCC(=O)O)N1CN(C(=O)NCc2ccc(P)cc2)N(C)CC1=O. The molecule has 1 saturated heterocycles. The van der Waals surface area contributed by atoms with Crippen LogP contribution in [0.5, 0.6) is 0 Å². The molecule has 2 aromatic rings. The van der Waals surface area contributed by atoms with Gasteiger partial charge in [-0.1, -0.05) is 36.4 Å². The van der Waals surface area contributed by atoms with E-state index in [2.05, 4.69) is 14.6 Å². The smallest absolute Gasteiger partial charge is 0.333 e. The summed E-state index contributed by atoms with van der Waals surface area (Å²) in [6, 6.07) is 11.3. The van der Waals surface area contributed by atoms with Gasteiger partial charge in [-0.25, -0.2) is 19.2 Å². The van der Waals surface area contributed by atoms with Gasteiger partial charge >= 0.3 is 12.0 Å². The van der Waals surface area contributed by atoms with Crippen molar-refractivity contribution in [2.24, 2.45) is 0 Å². The Morgan fingerprint density at radius 1 is 1.13 bits per heavy atom. The van der Waals surface area contributed by atoms with Crippen LogP contribution in [0.1, 0.15) is 36.9 Å². The summed E-state index contributed by atoms with van der Waals surface area (Å²) < 4.78 is 13.4. The molecule has 3 atom stereocenters. The van der Waals surface area contributed by atoms with E-state index in [1.165, 1.54) is 32.0 Å². The van der Waals surface area contributed by atoms with E-state index < -0.39 is 41.7 Å². The first-order valence-corrected chi connectivity index (χ1v) is 12.7. The van der Waals surface area contributed by atoms with Gasteiger partial charge in [0, 0.05) is 27.1 Å². The van der Waals surface area contributed by atoms with E-state index in [4.69, 9.17) is 0 Å². The Bertz CT molecular complexity index is 1160. The van der Waals surface area contributed by atoms with Crippen molar-refractivity contribution in [2.75, 3.05) is 27.3 Å². The third kappa shape index (κ3) is 7.26. The number of hydrogen-bond acceptors (Lipinski definition) is 5. The molecule has 3 rings (SSSR count). The summed E-state index contributed by atoms with van der Waals surface area (Å²) >= 11 is 0. The van der Waals surface area contributed by atoms with Crippen molar-refractivity contribution in [3.05, 3.63) is 65.5 Å². The van der Waals surface area contributed by atoms with Crippen LogP contribution in [0.4, 0.5) is 9.18 Å². The van der Waals surface area contributed by atoms with Crippen molar-refractivity contribution in [2.45, 2.75) is 38.4 Å². The zero-order valence-electron chi connectivity index (χ0n) is 21.6. The van der Waals surface area contributed by atoms with Crippen LogP contribution in [0.2, 0.25) is 0 Å². The van der Waals surface area contributed by atoms with Crippen LogP contribution < -0.4 is 10.6 Å². The molecule has 2 aromatic carbocycles. The lowest BCUT2D eigenvalue weighted by atomic mass is 10.0. The normalized spacial score (nSPS) is 15.7. The number of hydrogen-bond donors (Lipinski definition) is 2. The topological polar surface area (TPSA) is 114 Å². The van der Waals surface area contributed by atoms with Gasteiger partial charge in [-0.2, -0.15) is 0 Å². The number of hydrazine groups is 1. The van der Waals surface area contributed by atoms with E-state index in [0.29, 0.717) is 5.56 Å². The quantitative estimate of drug-likeness (QED) is 0.466. The molecule has 1 aliphatic rings. The largest absolute Gasteiger partial charge is 0.481 e. The number of carbonyl (C=O) groups is 4. The summed E-state index contributed by atoms with van der Waals surface area (Å²) in [6.07, 6.45) is -0.465. The maximum atomic E-state index is 13.6. The number of carbonyl (C=O) groups excluding carboxylic acids is 3. The van der Waals surface area contributed by atoms with Crippen LogP contribution in [0.25, 0.3) is 0 Å². The fraction of sp³-hybridized carbons (Fsp3) is 0.385. The lowest BCUT2D eigenvalue weighted by Gasteiger charge is -2.44. The first-order valence-electron chi connectivity index (χ1n) is 12.1. The summed E-state index contributed by atoms with van der Waals surface area (Å²) in [5.41, 5.74) is 1.57. The number of nitrogens with zero attached hydrogens (tertiary/aromatic N) is 4. The summed E-state index contributed by atoms with van der Waals surface area (Å²) in [5.74, 6) is -2.39. The number of nitrogens with one attached hydrogen (secondary N) is 1. The molecule has 10 nitrogen and oxygen atoms in total. The molecule has 4 amide bonds. The Morgan fingerprint density at radius 3 is 2.37 bits per heavy atom. The number of amides is 4. The zero-order chi connectivity index (χ0) is 28.0. The Balaban J connectivity index is 1.78. The van der Waals surface area contributed by atoms with E-state index in [1.807, 2.05) is 24.3 Å². The van der Waals surface area contributed by atoms with Crippen molar-refractivity contribution >= 4 is 38.4 Å². The highest BCUT2D eigenvalue weighted by Gasteiger charge is 2.39. The van der Waals surface area contributed by atoms with Crippen LogP contribution in [-0.2, 0) is 20.9 Å². The molecule has 1 aliphatic heterocycles. The third-order valence-corrected chi connectivity index (χ3v) is 7.00. The zero-order valence-corrected chi connectivity index (χ0v) is 22.8. The summed E-state index contributed by atoms with van der Waals surface area (Å²) in [5, 5.41) is 15.9. The van der Waals surface area contributed by atoms with Gasteiger partial charge in [-0.15, -0.1) is 9.24 Å². The molecule has 0 aliphatic carbocycles. The first kappa shape index (κ1) is 29.0. The second kappa shape index (κ2) is 12.8. The Labute approximate surface area is 223 Å². The number of carboxylic acid groups (broad SMARTS) is 1. The van der Waals surface area contributed by atoms with Crippen LogP contribution in [-0.4, -0.2) is 82.1 Å². The molecule has 204 valence electrons. The number of rotatable bonds is 9. The van der Waals surface area contributed by atoms with E-state index in [1.54, 1.807) is 33.2 Å². The van der Waals surface area contributed by atoms with Crippen LogP contribution in [0.3, 0.4) is 0 Å². The molecule has 0 spiro atoms. The fourth-order valence-corrected chi connectivity index (χ4v) is 4.36. The van der Waals surface area contributed by atoms with Gasteiger partial charge in [0.15, 0.2) is 0 Å². The predicted molar refractivity (Wildman–Crippen MR) is 142 cm³/mol. The maximum absolute atomic E-state index is 13.6. The van der Waals surface area contributed by atoms with Crippen molar-refractivity contribution in [1.82, 2.24) is 25.1 Å². The molecular weight excluding hydrogens is 512 g/mol. The van der Waals surface area contributed by atoms with Gasteiger partial charge in [0.2, 0.25) is 11.8 Å². The van der Waals surface area contributed by atoms with E-state index >= 15 is 0 Å². The number of urea groups is 1. The lowest BCUT2D eigenvalue weighted by Crippen LogP contribution is -2.65. The average Bonchev–Trinajstić information content (AvgIpc) is 2.88. The first-order chi connectivity index (χ1) is 18.0. The van der Waals surface area contributed by atoms with Crippen LogP contribution >= 0.6 is 9.24 Å². The molecule has 38 heavy (non-hydrogen) atoms. The second-order valence-corrected chi connectivity index (χ2v) is 9.91. The fourth-order valence-electron chi connectivity index (χ4n) is 4.16. The van der Waals surface area contributed by atoms with E-state index in [-0.39, 0.29) is 32.6 Å². The maximum Gasteiger partial charge on any atom is 0.333 e. The summed E-state index contributed by atoms with van der Waals surface area (Å²) in [4.78, 5) is 53.7. The number of halogens is 1. The van der Waals surface area contributed by atoms with Gasteiger partial charge in [-0.05, 0) is 41.9 Å². The average molecular weight is 546 g/mol. The Hall–Kier alpha value is -3.56. The molecular formula is C26H33FN5O5P. The number of likely N-dealkylation sites (N-methyl/N-ethyl adjacent to an activating group) is 2. The molecule has 0 saturated carbocycles. The lowest BCUT2D eigenvalue weighted by molar-refractivity contribution is -0.162. The van der Waals surface area contributed by atoms with Crippen molar-refractivity contribution < 1.29 is 28.7 Å². The minimum Gasteiger partial charge on any atom is -0.481 e. The molecule has 0 radical (unpaired) electrons. The minimum atomic E-state index is -1.11.